The van der Waals surface area contributed by atoms with Gasteiger partial charge in [-0.15, -0.1) is 0 Å². The number of hydrogen-bond acceptors (Lipinski definition) is 2. The molecule has 3 heterocycles. The average Bonchev–Trinajstić information content (AvgIpc) is 3.33. The quantitative estimate of drug-likeness (QED) is 0.294. The van der Waals surface area contributed by atoms with Crippen LogP contribution in [0.4, 0.5) is 13.2 Å². The number of aryl methyl sites for hydroxylation is 1. The highest BCUT2D eigenvalue weighted by Crippen LogP contribution is 2.35. The summed E-state index contributed by atoms with van der Waals surface area (Å²) in [6.45, 7) is 3.27. The van der Waals surface area contributed by atoms with Crippen LogP contribution < -0.4 is 0 Å². The van der Waals surface area contributed by atoms with Gasteiger partial charge in [0, 0.05) is 37.8 Å². The Morgan fingerprint density at radius 3 is 2.51 bits per heavy atom. The highest BCUT2D eigenvalue weighted by molar-refractivity contribution is 5.78. The average molecular weight is 506 g/mol. The molecule has 7 heteroatoms. The molecule has 1 aliphatic rings. The van der Waals surface area contributed by atoms with E-state index in [0.29, 0.717) is 30.3 Å². The fourth-order valence-electron chi connectivity index (χ4n) is 5.39. The number of nitrogens with zero attached hydrogens (tertiary/aromatic N) is 3. The van der Waals surface area contributed by atoms with Crippen LogP contribution in [-0.4, -0.2) is 33.3 Å². The molecule has 1 unspecified atom stereocenters. The van der Waals surface area contributed by atoms with Crippen molar-refractivity contribution in [2.75, 3.05) is 13.1 Å². The molecule has 1 fully saturated rings. The summed E-state index contributed by atoms with van der Waals surface area (Å²) in [7, 11) is 0. The summed E-state index contributed by atoms with van der Waals surface area (Å²) in [6.07, 6.45) is 2.01. The Morgan fingerprint density at radius 1 is 1.03 bits per heavy atom. The Hall–Kier alpha value is -3.61. The molecule has 0 bridgehead atoms. The van der Waals surface area contributed by atoms with Crippen LogP contribution in [0.1, 0.15) is 53.1 Å². The smallest absolute Gasteiger partial charge is 0.343 e. The number of amides is 1. The van der Waals surface area contributed by atoms with Crippen molar-refractivity contribution >= 4 is 11.6 Å². The molecule has 2 aromatic carbocycles. The van der Waals surface area contributed by atoms with Gasteiger partial charge in [-0.3, -0.25) is 4.79 Å². The molecule has 37 heavy (non-hydrogen) atoms. The molecule has 1 amide bonds. The van der Waals surface area contributed by atoms with E-state index in [1.54, 1.807) is 12.3 Å². The van der Waals surface area contributed by atoms with Gasteiger partial charge in [0.25, 0.3) is 0 Å². The first-order valence-electron chi connectivity index (χ1n) is 12.7. The Bertz CT molecular complexity index is 1370. The molecular formula is C30H30F3N3O. The molecule has 192 valence electrons. The SMILES string of the molecule is Cc1cccn2c(C(CC(=O)N3CCC(Cc4ccccc4)CC3)c3cccc(C(F)(F)F)c3)cnc12. The maximum Gasteiger partial charge on any atom is 0.416 e. The molecule has 0 aliphatic carbocycles. The minimum atomic E-state index is -4.46. The van der Waals surface area contributed by atoms with Crippen LogP contribution >= 0.6 is 0 Å². The van der Waals surface area contributed by atoms with Crippen LogP contribution in [0.3, 0.4) is 0 Å². The number of aromatic nitrogens is 2. The van der Waals surface area contributed by atoms with Gasteiger partial charge in [0.1, 0.15) is 5.65 Å². The van der Waals surface area contributed by atoms with Crippen molar-refractivity contribution in [2.45, 2.75) is 44.7 Å². The molecule has 1 saturated heterocycles. The predicted molar refractivity (Wildman–Crippen MR) is 137 cm³/mol. The second-order valence-corrected chi connectivity index (χ2v) is 9.96. The Labute approximate surface area is 214 Å². The third-order valence-corrected chi connectivity index (χ3v) is 7.45. The molecule has 4 aromatic rings. The van der Waals surface area contributed by atoms with E-state index in [2.05, 4.69) is 17.1 Å². The van der Waals surface area contributed by atoms with Crippen LogP contribution in [0, 0.1) is 12.8 Å². The zero-order chi connectivity index (χ0) is 26.0. The van der Waals surface area contributed by atoms with E-state index in [0.717, 1.165) is 36.5 Å². The maximum atomic E-state index is 13.5. The van der Waals surface area contributed by atoms with E-state index >= 15 is 0 Å². The summed E-state index contributed by atoms with van der Waals surface area (Å²) in [5.74, 6) is -0.0655. The number of benzene rings is 2. The molecule has 0 N–H and O–H groups in total. The van der Waals surface area contributed by atoms with Gasteiger partial charge in [-0.1, -0.05) is 54.6 Å². The topological polar surface area (TPSA) is 37.6 Å². The van der Waals surface area contributed by atoms with Crippen LogP contribution in [-0.2, 0) is 17.4 Å². The molecule has 1 atom stereocenters. The highest BCUT2D eigenvalue weighted by atomic mass is 19.4. The van der Waals surface area contributed by atoms with Gasteiger partial charge in [0.2, 0.25) is 5.91 Å². The summed E-state index contributed by atoms with van der Waals surface area (Å²) in [4.78, 5) is 19.9. The van der Waals surface area contributed by atoms with E-state index in [1.807, 2.05) is 52.8 Å². The number of rotatable bonds is 6. The monoisotopic (exact) mass is 505 g/mol. The predicted octanol–water partition coefficient (Wildman–Crippen LogP) is 6.66. The number of hydrogen-bond donors (Lipinski definition) is 0. The van der Waals surface area contributed by atoms with E-state index in [-0.39, 0.29) is 12.3 Å². The fourth-order valence-corrected chi connectivity index (χ4v) is 5.39. The summed E-state index contributed by atoms with van der Waals surface area (Å²) >= 11 is 0. The lowest BCUT2D eigenvalue weighted by atomic mass is 9.88. The lowest BCUT2D eigenvalue weighted by Gasteiger charge is -2.33. The Morgan fingerprint density at radius 2 is 1.78 bits per heavy atom. The van der Waals surface area contributed by atoms with Gasteiger partial charge in [0.15, 0.2) is 0 Å². The van der Waals surface area contributed by atoms with Crippen molar-refractivity contribution < 1.29 is 18.0 Å². The molecule has 0 spiro atoms. The van der Waals surface area contributed by atoms with Crippen molar-refractivity contribution in [1.82, 2.24) is 14.3 Å². The molecular weight excluding hydrogens is 475 g/mol. The number of carbonyl (C=O) groups is 1. The van der Waals surface area contributed by atoms with Gasteiger partial charge in [-0.2, -0.15) is 13.2 Å². The zero-order valence-electron chi connectivity index (χ0n) is 20.8. The lowest BCUT2D eigenvalue weighted by Crippen LogP contribution is -2.39. The number of carbonyl (C=O) groups excluding carboxylic acids is 1. The van der Waals surface area contributed by atoms with Gasteiger partial charge < -0.3 is 9.30 Å². The van der Waals surface area contributed by atoms with Crippen molar-refractivity contribution in [3.8, 4) is 0 Å². The van der Waals surface area contributed by atoms with E-state index in [1.165, 1.54) is 17.7 Å². The lowest BCUT2D eigenvalue weighted by molar-refractivity contribution is -0.137. The molecule has 0 radical (unpaired) electrons. The Balaban J connectivity index is 1.38. The second kappa shape index (κ2) is 10.4. The van der Waals surface area contributed by atoms with Crippen LogP contribution in [0.15, 0.2) is 79.1 Å². The van der Waals surface area contributed by atoms with Crippen LogP contribution in [0.5, 0.6) is 0 Å². The summed E-state index contributed by atoms with van der Waals surface area (Å²) < 4.78 is 42.5. The van der Waals surface area contributed by atoms with E-state index in [9.17, 15) is 18.0 Å². The first-order valence-corrected chi connectivity index (χ1v) is 12.7. The summed E-state index contributed by atoms with van der Waals surface area (Å²) in [6, 6.07) is 19.5. The number of likely N-dealkylation sites (tertiary alicyclic amines) is 1. The third-order valence-electron chi connectivity index (χ3n) is 7.45. The van der Waals surface area contributed by atoms with Gasteiger partial charge in [-0.25, -0.2) is 4.98 Å². The summed E-state index contributed by atoms with van der Waals surface area (Å²) in [5, 5.41) is 0. The van der Waals surface area contributed by atoms with Crippen LogP contribution in [0.2, 0.25) is 0 Å². The van der Waals surface area contributed by atoms with Gasteiger partial charge in [0.05, 0.1) is 11.3 Å². The summed E-state index contributed by atoms with van der Waals surface area (Å²) in [5.41, 5.74) is 3.47. The molecule has 2 aromatic heterocycles. The standard InChI is InChI=1S/C30H30F3N3O/c1-21-7-6-14-36-27(20-34-29(21)36)26(24-10-5-11-25(18-24)30(31,32)33)19-28(37)35-15-12-23(13-16-35)17-22-8-3-2-4-9-22/h2-11,14,18,20,23,26H,12-13,15-17,19H2,1H3. The number of imidazole rings is 1. The second-order valence-electron chi connectivity index (χ2n) is 9.96. The van der Waals surface area contributed by atoms with Gasteiger partial charge >= 0.3 is 6.18 Å². The van der Waals surface area contributed by atoms with Crippen molar-refractivity contribution in [3.63, 3.8) is 0 Å². The number of halogens is 3. The highest BCUT2D eigenvalue weighted by Gasteiger charge is 2.33. The van der Waals surface area contributed by atoms with Crippen molar-refractivity contribution in [2.24, 2.45) is 5.92 Å². The minimum Gasteiger partial charge on any atom is -0.343 e. The Kier molecular flexibility index (Phi) is 7.04. The fraction of sp³-hybridized carbons (Fsp3) is 0.333. The third kappa shape index (κ3) is 5.55. The molecule has 4 nitrogen and oxygen atoms in total. The van der Waals surface area contributed by atoms with Crippen molar-refractivity contribution in [3.05, 3.63) is 107 Å². The number of pyridine rings is 1. The normalized spacial score (nSPS) is 15.7. The first kappa shape index (κ1) is 25.1. The number of piperidine rings is 1. The van der Waals surface area contributed by atoms with Gasteiger partial charge in [-0.05, 0) is 60.9 Å². The van der Waals surface area contributed by atoms with E-state index in [4.69, 9.17) is 0 Å². The maximum absolute atomic E-state index is 13.5. The van der Waals surface area contributed by atoms with Crippen molar-refractivity contribution in [1.29, 1.82) is 0 Å². The number of alkyl halides is 3. The molecule has 0 saturated carbocycles. The minimum absolute atomic E-state index is 0.0387. The number of fused-ring (bicyclic) bond motifs is 1. The molecule has 1 aliphatic heterocycles. The largest absolute Gasteiger partial charge is 0.416 e. The van der Waals surface area contributed by atoms with E-state index < -0.39 is 17.7 Å². The zero-order valence-corrected chi connectivity index (χ0v) is 20.8. The van der Waals surface area contributed by atoms with Crippen LogP contribution in [0.25, 0.3) is 5.65 Å². The first-order chi connectivity index (χ1) is 17.8. The molecule has 5 rings (SSSR count).